The number of nitrogens with two attached hydrogens (primary N) is 2. The summed E-state index contributed by atoms with van der Waals surface area (Å²) < 4.78 is 28.4. The molecule has 9 heteroatoms. The van der Waals surface area contributed by atoms with Crippen LogP contribution in [-0.4, -0.2) is 30.5 Å². The van der Waals surface area contributed by atoms with Gasteiger partial charge in [0.25, 0.3) is 0 Å². The first-order chi connectivity index (χ1) is 9.43. The van der Waals surface area contributed by atoms with E-state index in [0.29, 0.717) is 37.2 Å². The third-order valence-electron chi connectivity index (χ3n) is 3.06. The second-order valence-electron chi connectivity index (χ2n) is 4.82. The maximum atomic E-state index is 12.3. The van der Waals surface area contributed by atoms with Crippen molar-refractivity contribution >= 4 is 38.1 Å². The number of aromatic nitrogens is 1. The van der Waals surface area contributed by atoms with E-state index >= 15 is 0 Å². The molecule has 1 fully saturated rings. The molecule has 1 aliphatic rings. The molecule has 5 N–H and O–H groups in total. The normalized spacial score (nSPS) is 15.2. The van der Waals surface area contributed by atoms with Gasteiger partial charge in [0.2, 0.25) is 5.91 Å². The Bertz CT molecular complexity index is 593. The average Bonchev–Trinajstić information content (AvgIpc) is 3.14. The van der Waals surface area contributed by atoms with Gasteiger partial charge in [-0.15, -0.1) is 0 Å². The lowest BCUT2D eigenvalue weighted by molar-refractivity contribution is -0.118. The lowest BCUT2D eigenvalue weighted by atomic mass is 10.2. The Kier molecular flexibility index (Phi) is 4.48. The van der Waals surface area contributed by atoms with E-state index in [-0.39, 0.29) is 21.9 Å². The van der Waals surface area contributed by atoms with Gasteiger partial charge in [0.1, 0.15) is 9.90 Å². The number of nitrogens with zero attached hydrogens (tertiary/aromatic N) is 1. The highest BCUT2D eigenvalue weighted by Gasteiger charge is 2.40. The molecule has 1 heterocycles. The van der Waals surface area contributed by atoms with Gasteiger partial charge in [0.15, 0.2) is 15.7 Å². The number of primary amides is 1. The molecule has 0 aromatic carbocycles. The molecule has 1 amide bonds. The molecule has 0 spiro atoms. The van der Waals surface area contributed by atoms with Crippen molar-refractivity contribution in [3.8, 4) is 0 Å². The molecule has 0 aliphatic heterocycles. The summed E-state index contributed by atoms with van der Waals surface area (Å²) in [6.07, 6.45) is 3.11. The fraction of sp³-hybridized carbons (Fsp3) is 0.636. The summed E-state index contributed by atoms with van der Waals surface area (Å²) in [5, 5.41) is 3.23. The average molecular weight is 318 g/mol. The largest absolute Gasteiger partial charge is 0.382 e. The smallest absolute Gasteiger partial charge is 0.217 e. The Morgan fingerprint density at radius 2 is 2.10 bits per heavy atom. The molecule has 1 aliphatic carbocycles. The monoisotopic (exact) mass is 318 g/mol. The maximum absolute atomic E-state index is 12.3. The first-order valence-corrected chi connectivity index (χ1v) is 8.76. The number of rotatable bonds is 8. The topological polar surface area (TPSA) is 128 Å². The van der Waals surface area contributed by atoms with Crippen LogP contribution in [0.5, 0.6) is 0 Å². The van der Waals surface area contributed by atoms with Crippen molar-refractivity contribution in [2.75, 3.05) is 17.6 Å². The van der Waals surface area contributed by atoms with Crippen molar-refractivity contribution in [1.82, 2.24) is 4.37 Å². The fourth-order valence-electron chi connectivity index (χ4n) is 1.85. The van der Waals surface area contributed by atoms with Crippen LogP contribution in [0.1, 0.15) is 32.1 Å². The predicted molar refractivity (Wildman–Crippen MR) is 78.3 cm³/mol. The van der Waals surface area contributed by atoms with Crippen LogP contribution in [-0.2, 0) is 14.6 Å². The SMILES string of the molecule is NC(=O)CCCCNc1snc(N)c1S(=O)(=O)C1CC1. The van der Waals surface area contributed by atoms with E-state index in [0.717, 1.165) is 18.0 Å². The number of carbonyl (C=O) groups excluding carboxylic acids is 1. The molecule has 1 saturated carbocycles. The van der Waals surface area contributed by atoms with Crippen LogP contribution in [0.15, 0.2) is 4.90 Å². The Balaban J connectivity index is 1.97. The molecular weight excluding hydrogens is 300 g/mol. The van der Waals surface area contributed by atoms with Crippen LogP contribution < -0.4 is 16.8 Å². The zero-order valence-electron chi connectivity index (χ0n) is 11.0. The molecule has 0 atom stereocenters. The molecule has 1 aromatic rings. The Morgan fingerprint density at radius 3 is 2.70 bits per heavy atom. The first-order valence-electron chi connectivity index (χ1n) is 6.44. The predicted octanol–water partition coefficient (Wildman–Crippen LogP) is 0.729. The highest BCUT2D eigenvalue weighted by atomic mass is 32.2. The number of amides is 1. The molecule has 0 radical (unpaired) electrons. The number of carbonyl (C=O) groups is 1. The van der Waals surface area contributed by atoms with E-state index in [4.69, 9.17) is 11.5 Å². The highest BCUT2D eigenvalue weighted by Crippen LogP contribution is 2.40. The number of nitrogens with one attached hydrogen (secondary N) is 1. The standard InChI is InChI=1S/C11H18N4O3S2/c12-8(16)3-1-2-6-14-11-9(10(13)15-19-11)20(17,18)7-4-5-7/h7,14H,1-6H2,(H2,12,16)(H2,13,15). The molecule has 1 aromatic heterocycles. The van der Waals surface area contributed by atoms with E-state index in [1.807, 2.05) is 0 Å². The molecule has 0 bridgehead atoms. The van der Waals surface area contributed by atoms with Crippen molar-refractivity contribution in [2.24, 2.45) is 5.73 Å². The Morgan fingerprint density at radius 1 is 1.40 bits per heavy atom. The van der Waals surface area contributed by atoms with E-state index in [9.17, 15) is 13.2 Å². The van der Waals surface area contributed by atoms with Crippen molar-refractivity contribution in [1.29, 1.82) is 0 Å². The van der Waals surface area contributed by atoms with Crippen molar-refractivity contribution in [3.05, 3.63) is 0 Å². The van der Waals surface area contributed by atoms with Crippen LogP contribution >= 0.6 is 11.5 Å². The van der Waals surface area contributed by atoms with E-state index in [2.05, 4.69) is 9.69 Å². The third-order valence-corrected chi connectivity index (χ3v) is 6.34. The van der Waals surface area contributed by atoms with Gasteiger partial charge in [-0.3, -0.25) is 4.79 Å². The summed E-state index contributed by atoms with van der Waals surface area (Å²) in [7, 11) is -3.35. The van der Waals surface area contributed by atoms with Gasteiger partial charge < -0.3 is 16.8 Å². The Hall–Kier alpha value is -1.35. The van der Waals surface area contributed by atoms with Gasteiger partial charge in [-0.2, -0.15) is 4.37 Å². The van der Waals surface area contributed by atoms with Gasteiger partial charge in [0.05, 0.1) is 5.25 Å². The summed E-state index contributed by atoms with van der Waals surface area (Å²) in [6.45, 7) is 0.558. The fourth-order valence-corrected chi connectivity index (χ4v) is 4.76. The van der Waals surface area contributed by atoms with Crippen molar-refractivity contribution in [2.45, 2.75) is 42.2 Å². The lowest BCUT2D eigenvalue weighted by Gasteiger charge is -2.07. The number of nitrogen functional groups attached to an aromatic ring is 1. The van der Waals surface area contributed by atoms with Gasteiger partial charge in [0, 0.05) is 13.0 Å². The minimum Gasteiger partial charge on any atom is -0.382 e. The molecule has 0 saturated heterocycles. The number of sulfone groups is 1. The quantitative estimate of drug-likeness (QED) is 0.606. The van der Waals surface area contributed by atoms with Gasteiger partial charge in [-0.25, -0.2) is 8.42 Å². The first kappa shape index (κ1) is 15.0. The molecule has 7 nitrogen and oxygen atoms in total. The second kappa shape index (κ2) is 5.96. The van der Waals surface area contributed by atoms with Crippen LogP contribution in [0.25, 0.3) is 0 Å². The minimum atomic E-state index is -3.35. The highest BCUT2D eigenvalue weighted by molar-refractivity contribution is 7.92. The maximum Gasteiger partial charge on any atom is 0.217 e. The summed E-state index contributed by atoms with van der Waals surface area (Å²) >= 11 is 1.06. The van der Waals surface area contributed by atoms with E-state index in [1.54, 1.807) is 0 Å². The van der Waals surface area contributed by atoms with Crippen molar-refractivity contribution in [3.63, 3.8) is 0 Å². The third kappa shape index (κ3) is 3.40. The minimum absolute atomic E-state index is 0.0709. The molecule has 112 valence electrons. The molecule has 20 heavy (non-hydrogen) atoms. The number of anilines is 2. The summed E-state index contributed by atoms with van der Waals surface area (Å²) in [6, 6.07) is 0. The van der Waals surface area contributed by atoms with Crippen molar-refractivity contribution < 1.29 is 13.2 Å². The second-order valence-corrected chi connectivity index (χ2v) is 7.76. The molecular formula is C11H18N4O3S2. The number of hydrogen-bond donors (Lipinski definition) is 3. The van der Waals surface area contributed by atoms with Crippen LogP contribution in [0.2, 0.25) is 0 Å². The van der Waals surface area contributed by atoms with Crippen LogP contribution in [0.4, 0.5) is 10.8 Å². The number of hydrogen-bond acceptors (Lipinski definition) is 7. The van der Waals surface area contributed by atoms with Crippen LogP contribution in [0, 0.1) is 0 Å². The Labute approximate surface area is 121 Å². The zero-order chi connectivity index (χ0) is 14.8. The van der Waals surface area contributed by atoms with E-state index < -0.39 is 9.84 Å². The summed E-state index contributed by atoms with van der Waals surface area (Å²) in [5.74, 6) is -0.259. The lowest BCUT2D eigenvalue weighted by Crippen LogP contribution is -2.13. The van der Waals surface area contributed by atoms with Gasteiger partial charge >= 0.3 is 0 Å². The number of unbranched alkanes of at least 4 members (excludes halogenated alkanes) is 1. The summed E-state index contributed by atoms with van der Waals surface area (Å²) in [4.78, 5) is 10.7. The van der Waals surface area contributed by atoms with Gasteiger partial charge in [-0.05, 0) is 37.2 Å². The van der Waals surface area contributed by atoms with E-state index in [1.165, 1.54) is 0 Å². The molecule has 2 rings (SSSR count). The zero-order valence-corrected chi connectivity index (χ0v) is 12.6. The summed E-state index contributed by atoms with van der Waals surface area (Å²) in [5.41, 5.74) is 10.7. The van der Waals surface area contributed by atoms with Gasteiger partial charge in [-0.1, -0.05) is 0 Å². The molecule has 0 unspecified atom stereocenters. The van der Waals surface area contributed by atoms with Crippen LogP contribution in [0.3, 0.4) is 0 Å².